The van der Waals surface area contributed by atoms with Gasteiger partial charge in [-0.05, 0) is 69.7 Å². The lowest BCUT2D eigenvalue weighted by molar-refractivity contribution is -0.147. The first-order valence-corrected chi connectivity index (χ1v) is 13.3. The fraction of sp³-hybridized carbons (Fsp3) is 0.483. The van der Waals surface area contributed by atoms with Crippen LogP contribution in [0.15, 0.2) is 54.6 Å². The number of hydrogen-bond acceptors (Lipinski definition) is 4. The Balaban J connectivity index is 1.47. The van der Waals surface area contributed by atoms with Crippen molar-refractivity contribution in [3.8, 4) is 0 Å². The van der Waals surface area contributed by atoms with E-state index in [9.17, 15) is 14.4 Å². The lowest BCUT2D eigenvalue weighted by atomic mass is 9.68. The first-order chi connectivity index (χ1) is 17.5. The molecule has 37 heavy (non-hydrogen) atoms. The average Bonchev–Trinajstić information content (AvgIpc) is 2.85. The van der Waals surface area contributed by atoms with E-state index in [1.165, 1.54) is 0 Å². The molecule has 2 aliphatic rings. The van der Waals surface area contributed by atoms with Gasteiger partial charge in [0.1, 0.15) is 12.6 Å². The number of amides is 3. The Kier molecular flexibility index (Phi) is 8.12. The third kappa shape index (κ3) is 6.83. The Morgan fingerprint density at radius 2 is 1.81 bits per heavy atom. The first-order valence-electron chi connectivity index (χ1n) is 12.9. The molecule has 0 bridgehead atoms. The normalized spacial score (nSPS) is 24.4. The number of carbonyl (C=O) groups is 3. The highest BCUT2D eigenvalue weighted by Gasteiger charge is 2.43. The smallest absolute Gasteiger partial charge is 0.407 e. The number of ether oxygens (including phenoxy) is 1. The predicted molar refractivity (Wildman–Crippen MR) is 143 cm³/mol. The van der Waals surface area contributed by atoms with E-state index < -0.39 is 23.1 Å². The van der Waals surface area contributed by atoms with Gasteiger partial charge in [-0.1, -0.05) is 54.1 Å². The minimum Gasteiger partial charge on any atom is -0.449 e. The van der Waals surface area contributed by atoms with Crippen molar-refractivity contribution in [2.75, 3.05) is 13.2 Å². The summed E-state index contributed by atoms with van der Waals surface area (Å²) in [5.41, 5.74) is 1.22. The second kappa shape index (κ2) is 11.1. The molecule has 1 aliphatic heterocycles. The minimum atomic E-state index is -0.562. The average molecular weight is 526 g/mol. The van der Waals surface area contributed by atoms with E-state index in [-0.39, 0.29) is 31.0 Å². The van der Waals surface area contributed by atoms with Crippen LogP contribution in [0.1, 0.15) is 57.6 Å². The van der Waals surface area contributed by atoms with Crippen LogP contribution in [0.3, 0.4) is 0 Å². The van der Waals surface area contributed by atoms with Crippen molar-refractivity contribution in [1.29, 1.82) is 0 Å². The van der Waals surface area contributed by atoms with Crippen molar-refractivity contribution in [2.45, 2.75) is 75.9 Å². The summed E-state index contributed by atoms with van der Waals surface area (Å²) in [6.07, 6.45) is 2.83. The van der Waals surface area contributed by atoms with E-state index in [0.717, 1.165) is 11.1 Å². The van der Waals surface area contributed by atoms with Crippen LogP contribution in [-0.2, 0) is 26.2 Å². The van der Waals surface area contributed by atoms with Crippen LogP contribution in [0.2, 0.25) is 5.02 Å². The molecule has 3 amide bonds. The van der Waals surface area contributed by atoms with Crippen molar-refractivity contribution in [2.24, 2.45) is 0 Å². The van der Waals surface area contributed by atoms with Gasteiger partial charge in [-0.2, -0.15) is 0 Å². The summed E-state index contributed by atoms with van der Waals surface area (Å²) in [6.45, 7) is 6.01. The summed E-state index contributed by atoms with van der Waals surface area (Å²) in [4.78, 5) is 40.2. The molecule has 1 saturated carbocycles. The van der Waals surface area contributed by atoms with Crippen LogP contribution in [0.25, 0.3) is 0 Å². The SMILES string of the molecule is CC(C)(C)NC(=O)OCC1(c2cccc(Cl)c2)CCC(N2CC(=O)NC(Cc3ccccc3)C2=O)CC1. The van der Waals surface area contributed by atoms with Gasteiger partial charge in [0.15, 0.2) is 0 Å². The molecule has 4 rings (SSSR count). The molecular formula is C29H36ClN3O4. The quantitative estimate of drug-likeness (QED) is 0.576. The highest BCUT2D eigenvalue weighted by atomic mass is 35.5. The highest BCUT2D eigenvalue weighted by molar-refractivity contribution is 6.30. The third-order valence-electron chi connectivity index (χ3n) is 7.26. The predicted octanol–water partition coefficient (Wildman–Crippen LogP) is 4.61. The molecule has 8 heteroatoms. The van der Waals surface area contributed by atoms with Crippen LogP contribution in [0.5, 0.6) is 0 Å². The molecule has 7 nitrogen and oxygen atoms in total. The minimum absolute atomic E-state index is 0.0375. The van der Waals surface area contributed by atoms with Crippen LogP contribution >= 0.6 is 11.6 Å². The number of rotatable bonds is 6. The number of nitrogens with one attached hydrogen (secondary N) is 2. The fourth-order valence-corrected chi connectivity index (χ4v) is 5.57. The largest absolute Gasteiger partial charge is 0.449 e. The molecule has 1 saturated heterocycles. The molecule has 2 fully saturated rings. The summed E-state index contributed by atoms with van der Waals surface area (Å²) in [7, 11) is 0. The Morgan fingerprint density at radius 3 is 2.46 bits per heavy atom. The van der Waals surface area contributed by atoms with Gasteiger partial charge in [-0.15, -0.1) is 0 Å². The Labute approximate surface area is 223 Å². The maximum absolute atomic E-state index is 13.4. The van der Waals surface area contributed by atoms with E-state index in [4.69, 9.17) is 16.3 Å². The number of alkyl carbamates (subject to hydrolysis) is 1. The van der Waals surface area contributed by atoms with E-state index in [1.807, 2.05) is 75.4 Å². The second-order valence-electron chi connectivity index (χ2n) is 11.2. The zero-order valence-corrected chi connectivity index (χ0v) is 22.5. The molecule has 0 spiro atoms. The summed E-state index contributed by atoms with van der Waals surface area (Å²) in [6, 6.07) is 16.8. The molecule has 2 N–H and O–H groups in total. The summed E-state index contributed by atoms with van der Waals surface area (Å²) >= 11 is 6.33. The standard InChI is InChI=1S/C29H36ClN3O4/c1-28(2,3)32-27(36)37-19-29(21-10-7-11-22(30)17-21)14-12-23(13-15-29)33-18-25(34)31-24(26(33)35)16-20-8-5-4-6-9-20/h4-11,17,23-24H,12-16,18-19H2,1-3H3,(H,31,34)(H,32,36). The Morgan fingerprint density at radius 1 is 1.11 bits per heavy atom. The Hall–Kier alpha value is -3.06. The molecule has 2 aromatic rings. The highest BCUT2D eigenvalue weighted by Crippen LogP contribution is 2.42. The fourth-order valence-electron chi connectivity index (χ4n) is 5.38. The maximum atomic E-state index is 13.4. The van der Waals surface area contributed by atoms with E-state index >= 15 is 0 Å². The van der Waals surface area contributed by atoms with Gasteiger partial charge in [-0.3, -0.25) is 9.59 Å². The van der Waals surface area contributed by atoms with Gasteiger partial charge in [0, 0.05) is 28.4 Å². The number of halogens is 1. The molecule has 0 aromatic heterocycles. The number of hydrogen-bond donors (Lipinski definition) is 2. The van der Waals surface area contributed by atoms with E-state index in [2.05, 4.69) is 10.6 Å². The monoisotopic (exact) mass is 525 g/mol. The van der Waals surface area contributed by atoms with Gasteiger partial charge in [-0.25, -0.2) is 4.79 Å². The van der Waals surface area contributed by atoms with Crippen LogP contribution in [0.4, 0.5) is 4.79 Å². The van der Waals surface area contributed by atoms with Gasteiger partial charge < -0.3 is 20.3 Å². The van der Waals surface area contributed by atoms with Gasteiger partial charge in [0.25, 0.3) is 0 Å². The van der Waals surface area contributed by atoms with E-state index in [1.54, 1.807) is 4.90 Å². The van der Waals surface area contributed by atoms with Crippen molar-refractivity contribution < 1.29 is 19.1 Å². The number of nitrogens with zero attached hydrogens (tertiary/aromatic N) is 1. The molecule has 2 aromatic carbocycles. The van der Waals surface area contributed by atoms with Crippen LogP contribution in [-0.4, -0.2) is 53.6 Å². The summed E-state index contributed by atoms with van der Waals surface area (Å²) < 4.78 is 5.72. The van der Waals surface area contributed by atoms with Crippen molar-refractivity contribution in [3.05, 3.63) is 70.7 Å². The number of benzene rings is 2. The molecular weight excluding hydrogens is 490 g/mol. The van der Waals surface area contributed by atoms with Gasteiger partial charge in [0.05, 0.1) is 6.54 Å². The zero-order valence-electron chi connectivity index (χ0n) is 21.8. The number of piperazine rings is 1. The molecule has 1 heterocycles. The zero-order chi connectivity index (χ0) is 26.6. The van der Waals surface area contributed by atoms with Gasteiger partial charge in [0.2, 0.25) is 11.8 Å². The topological polar surface area (TPSA) is 87.7 Å². The van der Waals surface area contributed by atoms with Crippen molar-refractivity contribution >= 4 is 29.5 Å². The Bertz CT molecular complexity index is 1120. The molecule has 198 valence electrons. The summed E-state index contributed by atoms with van der Waals surface area (Å²) in [5, 5.41) is 6.35. The number of carbonyl (C=O) groups excluding carboxylic acids is 3. The van der Waals surface area contributed by atoms with Crippen molar-refractivity contribution in [3.63, 3.8) is 0 Å². The van der Waals surface area contributed by atoms with Crippen molar-refractivity contribution in [1.82, 2.24) is 15.5 Å². The van der Waals surface area contributed by atoms with Crippen LogP contribution in [0, 0.1) is 0 Å². The van der Waals surface area contributed by atoms with Crippen LogP contribution < -0.4 is 10.6 Å². The van der Waals surface area contributed by atoms with Gasteiger partial charge >= 0.3 is 6.09 Å². The molecule has 1 unspecified atom stereocenters. The first kappa shape index (κ1) is 27.0. The van der Waals surface area contributed by atoms with E-state index in [0.29, 0.717) is 37.1 Å². The molecule has 1 atom stereocenters. The molecule has 1 aliphatic carbocycles. The lowest BCUT2D eigenvalue weighted by Crippen LogP contribution is -2.62. The molecule has 0 radical (unpaired) electrons. The summed E-state index contributed by atoms with van der Waals surface area (Å²) in [5.74, 6) is -0.168. The maximum Gasteiger partial charge on any atom is 0.407 e. The lowest BCUT2D eigenvalue weighted by Gasteiger charge is -2.45. The third-order valence-corrected chi connectivity index (χ3v) is 7.49. The second-order valence-corrected chi connectivity index (χ2v) is 11.7.